The lowest BCUT2D eigenvalue weighted by Crippen LogP contribution is -2.56. The van der Waals surface area contributed by atoms with E-state index in [2.05, 4.69) is 11.5 Å². The van der Waals surface area contributed by atoms with Gasteiger partial charge in [0.2, 0.25) is 0 Å². The van der Waals surface area contributed by atoms with Crippen LogP contribution in [0.25, 0.3) is 0 Å². The summed E-state index contributed by atoms with van der Waals surface area (Å²) in [5, 5.41) is 1.83. The number of hydrogen-bond acceptors (Lipinski definition) is 4. The summed E-state index contributed by atoms with van der Waals surface area (Å²) < 4.78 is 27.7. The van der Waals surface area contributed by atoms with Gasteiger partial charge in [-0.2, -0.15) is 4.31 Å². The van der Waals surface area contributed by atoms with E-state index in [1.807, 2.05) is 11.5 Å². The molecule has 2 saturated heterocycles. The fourth-order valence-corrected chi connectivity index (χ4v) is 6.41. The van der Waals surface area contributed by atoms with E-state index in [4.69, 9.17) is 0 Å². The Bertz CT molecular complexity index is 597. The quantitative estimate of drug-likeness (QED) is 0.799. The van der Waals surface area contributed by atoms with Crippen LogP contribution >= 0.6 is 11.3 Å². The molecule has 3 heterocycles. The van der Waals surface area contributed by atoms with Crippen molar-refractivity contribution in [2.24, 2.45) is 0 Å². The van der Waals surface area contributed by atoms with Gasteiger partial charge in [0.25, 0.3) is 10.0 Å². The van der Waals surface area contributed by atoms with Crippen LogP contribution in [0, 0.1) is 0 Å². The molecule has 3 rings (SSSR count). The van der Waals surface area contributed by atoms with Gasteiger partial charge < -0.3 is 0 Å². The first kappa shape index (κ1) is 15.2. The van der Waals surface area contributed by atoms with Crippen LogP contribution in [0.3, 0.4) is 0 Å². The first-order valence-corrected chi connectivity index (χ1v) is 9.80. The molecule has 0 N–H and O–H groups in total. The van der Waals surface area contributed by atoms with Crippen molar-refractivity contribution in [2.75, 3.05) is 26.2 Å². The van der Waals surface area contributed by atoms with E-state index in [9.17, 15) is 8.42 Å². The highest BCUT2D eigenvalue weighted by Crippen LogP contribution is 2.38. The third kappa shape index (κ3) is 2.70. The second kappa shape index (κ2) is 5.83. The van der Waals surface area contributed by atoms with Crippen molar-refractivity contribution in [1.82, 2.24) is 9.21 Å². The molecule has 0 bridgehead atoms. The maximum atomic E-state index is 12.8. The molecule has 0 amide bonds. The fraction of sp³-hybridized carbons (Fsp3) is 0.600. The zero-order chi connectivity index (χ0) is 14.9. The van der Waals surface area contributed by atoms with Crippen molar-refractivity contribution in [3.05, 3.63) is 30.2 Å². The first-order chi connectivity index (χ1) is 10.1. The fourth-order valence-electron chi connectivity index (χ4n) is 3.71. The molecule has 1 spiro atoms. The average molecular weight is 326 g/mol. The minimum Gasteiger partial charge on any atom is -0.293 e. The molecule has 0 unspecified atom stereocenters. The lowest BCUT2D eigenvalue weighted by molar-refractivity contribution is 0.0842. The van der Waals surface area contributed by atoms with E-state index in [1.165, 1.54) is 11.3 Å². The van der Waals surface area contributed by atoms with Gasteiger partial charge in [-0.1, -0.05) is 12.1 Å². The summed E-state index contributed by atoms with van der Waals surface area (Å²) in [6, 6.07) is 3.51. The Balaban J connectivity index is 1.85. The summed E-state index contributed by atoms with van der Waals surface area (Å²) in [4.78, 5) is 2.43. The van der Waals surface area contributed by atoms with Crippen LogP contribution in [-0.2, 0) is 10.0 Å². The molecular formula is C15H22N2O2S2. The van der Waals surface area contributed by atoms with E-state index in [0.717, 1.165) is 38.8 Å². The largest absolute Gasteiger partial charge is 0.293 e. The Hall–Kier alpha value is -0.690. The molecule has 0 aliphatic carbocycles. The summed E-state index contributed by atoms with van der Waals surface area (Å²) in [6.07, 6.45) is 6.22. The number of thiophene rings is 1. The summed E-state index contributed by atoms with van der Waals surface area (Å²) >= 11 is 1.31. The summed E-state index contributed by atoms with van der Waals surface area (Å²) in [5.41, 5.74) is 0.0246. The van der Waals surface area contributed by atoms with E-state index < -0.39 is 10.0 Å². The normalized spacial score (nSPS) is 28.2. The van der Waals surface area contributed by atoms with E-state index in [0.29, 0.717) is 17.3 Å². The van der Waals surface area contributed by atoms with Gasteiger partial charge in [-0.15, -0.1) is 17.9 Å². The van der Waals surface area contributed by atoms with E-state index >= 15 is 0 Å². The Labute approximate surface area is 131 Å². The van der Waals surface area contributed by atoms with Gasteiger partial charge in [0.05, 0.1) is 0 Å². The standard InChI is InChI=1S/C15H22N2O2S2/c1-2-9-16-10-4-7-15(16)8-5-11-17(13-15)21(18,19)14-6-3-12-20-14/h2-3,6,12H,1,4-5,7-11,13H2/t15-/m0/s1. The van der Waals surface area contributed by atoms with Gasteiger partial charge in [-0.3, -0.25) is 4.90 Å². The second-order valence-electron chi connectivity index (χ2n) is 5.94. The Morgan fingerprint density at radius 1 is 1.33 bits per heavy atom. The van der Waals surface area contributed by atoms with Crippen LogP contribution in [0.15, 0.2) is 34.4 Å². The van der Waals surface area contributed by atoms with Crippen molar-refractivity contribution >= 4 is 21.4 Å². The highest BCUT2D eigenvalue weighted by Gasteiger charge is 2.46. The molecule has 2 aliphatic heterocycles. The topological polar surface area (TPSA) is 40.6 Å². The average Bonchev–Trinajstić information content (AvgIpc) is 3.11. The molecular weight excluding hydrogens is 304 g/mol. The predicted molar refractivity (Wildman–Crippen MR) is 86.0 cm³/mol. The Kier molecular flexibility index (Phi) is 4.23. The van der Waals surface area contributed by atoms with E-state index in [-0.39, 0.29) is 5.54 Å². The first-order valence-electron chi connectivity index (χ1n) is 7.48. The lowest BCUT2D eigenvalue weighted by Gasteiger charge is -2.45. The molecule has 0 radical (unpaired) electrons. The van der Waals surface area contributed by atoms with Gasteiger partial charge in [-0.25, -0.2) is 8.42 Å². The molecule has 4 nitrogen and oxygen atoms in total. The zero-order valence-electron chi connectivity index (χ0n) is 12.2. The number of nitrogens with zero attached hydrogens (tertiary/aromatic N) is 2. The molecule has 1 atom stereocenters. The number of piperidine rings is 1. The highest BCUT2D eigenvalue weighted by molar-refractivity contribution is 7.91. The molecule has 1 aromatic rings. The number of sulfonamides is 1. The van der Waals surface area contributed by atoms with Gasteiger partial charge in [0.15, 0.2) is 0 Å². The van der Waals surface area contributed by atoms with Crippen molar-refractivity contribution in [2.45, 2.75) is 35.4 Å². The van der Waals surface area contributed by atoms with Crippen LogP contribution in [0.1, 0.15) is 25.7 Å². The van der Waals surface area contributed by atoms with Crippen LogP contribution < -0.4 is 0 Å². The predicted octanol–water partition coefficient (Wildman–Crippen LogP) is 2.55. The van der Waals surface area contributed by atoms with Crippen LogP contribution in [0.2, 0.25) is 0 Å². The molecule has 1 aromatic heterocycles. The lowest BCUT2D eigenvalue weighted by atomic mass is 9.87. The smallest absolute Gasteiger partial charge is 0.252 e. The molecule has 0 saturated carbocycles. The number of hydrogen-bond donors (Lipinski definition) is 0. The SMILES string of the molecule is C=CCN1CCC[C@@]12CCCN(S(=O)(=O)c1cccs1)C2. The Morgan fingerprint density at radius 2 is 2.10 bits per heavy atom. The van der Waals surface area contributed by atoms with E-state index in [1.54, 1.807) is 16.4 Å². The van der Waals surface area contributed by atoms with Gasteiger partial charge in [0.1, 0.15) is 4.21 Å². The van der Waals surface area contributed by atoms with Crippen molar-refractivity contribution in [1.29, 1.82) is 0 Å². The molecule has 116 valence electrons. The zero-order valence-corrected chi connectivity index (χ0v) is 13.8. The summed E-state index contributed by atoms with van der Waals surface area (Å²) in [5.74, 6) is 0. The van der Waals surface area contributed by atoms with Crippen LogP contribution in [0.4, 0.5) is 0 Å². The number of rotatable bonds is 4. The van der Waals surface area contributed by atoms with Crippen molar-refractivity contribution < 1.29 is 8.42 Å². The van der Waals surface area contributed by atoms with Crippen LogP contribution in [-0.4, -0.2) is 49.3 Å². The Morgan fingerprint density at radius 3 is 2.76 bits per heavy atom. The monoisotopic (exact) mass is 326 g/mol. The van der Waals surface area contributed by atoms with Gasteiger partial charge in [0, 0.05) is 25.2 Å². The van der Waals surface area contributed by atoms with Crippen molar-refractivity contribution in [3.8, 4) is 0 Å². The molecule has 0 aromatic carbocycles. The molecule has 2 aliphatic rings. The second-order valence-corrected chi connectivity index (χ2v) is 9.05. The van der Waals surface area contributed by atoms with Crippen LogP contribution in [0.5, 0.6) is 0 Å². The molecule has 2 fully saturated rings. The minimum absolute atomic E-state index is 0.0246. The summed E-state index contributed by atoms with van der Waals surface area (Å²) in [7, 11) is -3.32. The highest BCUT2D eigenvalue weighted by atomic mass is 32.2. The minimum atomic E-state index is -3.32. The van der Waals surface area contributed by atoms with Crippen molar-refractivity contribution in [3.63, 3.8) is 0 Å². The van der Waals surface area contributed by atoms with Gasteiger partial charge >= 0.3 is 0 Å². The van der Waals surface area contributed by atoms with Gasteiger partial charge in [-0.05, 0) is 43.7 Å². The third-order valence-corrected chi connectivity index (χ3v) is 7.92. The maximum Gasteiger partial charge on any atom is 0.252 e. The third-order valence-electron chi connectivity index (χ3n) is 4.70. The molecule has 21 heavy (non-hydrogen) atoms. The molecule has 6 heteroatoms. The number of likely N-dealkylation sites (tertiary alicyclic amines) is 1. The summed E-state index contributed by atoms with van der Waals surface area (Å²) in [6.45, 7) is 7.02. The maximum absolute atomic E-state index is 12.8.